The lowest BCUT2D eigenvalue weighted by Gasteiger charge is -2.36. The molecule has 0 aromatic carbocycles. The summed E-state index contributed by atoms with van der Waals surface area (Å²) in [6.45, 7) is 0. The van der Waals surface area contributed by atoms with E-state index in [0.717, 1.165) is 11.4 Å². The van der Waals surface area contributed by atoms with Gasteiger partial charge in [-0.15, -0.1) is 12.4 Å². The highest BCUT2D eigenvalue weighted by molar-refractivity contribution is 6.04. The van der Waals surface area contributed by atoms with E-state index in [2.05, 4.69) is 66.6 Å². The Labute approximate surface area is 119 Å². The van der Waals surface area contributed by atoms with Crippen molar-refractivity contribution in [3.05, 3.63) is 71.7 Å². The Kier molecular flexibility index (Phi) is 2.83. The van der Waals surface area contributed by atoms with Gasteiger partial charge in [0.05, 0.1) is 29.1 Å². The first-order chi connectivity index (χ1) is 8.84. The van der Waals surface area contributed by atoms with Crippen LogP contribution >= 0.6 is 12.4 Å². The van der Waals surface area contributed by atoms with Crippen LogP contribution in [0.4, 0.5) is 0 Å². The van der Waals surface area contributed by atoms with Gasteiger partial charge in [0.2, 0.25) is 0 Å². The second kappa shape index (κ2) is 4.39. The number of hydrogen-bond donors (Lipinski definition) is 0. The minimum Gasteiger partial charge on any atom is -0.365 e. The zero-order valence-corrected chi connectivity index (χ0v) is 11.5. The maximum Gasteiger partial charge on any atom is 0.0838 e. The lowest BCUT2D eigenvalue weighted by atomic mass is 9.89. The molecule has 0 saturated carbocycles. The molecular weight excluding hydrogens is 256 g/mol. The standard InChI is InChI=1S/C16H14N2.ClH/c1-18-15-9-5-2-6-11(15)10-14-16(18)12-7-3-4-8-13(12)17-14;/h2-10,12,15H,1H3;1H. The molecule has 0 saturated heterocycles. The fourth-order valence-electron chi connectivity index (χ4n) is 3.07. The van der Waals surface area contributed by atoms with E-state index in [9.17, 15) is 0 Å². The summed E-state index contributed by atoms with van der Waals surface area (Å²) in [6.07, 6.45) is 19.4. The molecule has 2 aliphatic heterocycles. The Bertz CT molecular complexity index is 629. The van der Waals surface area contributed by atoms with Crippen molar-refractivity contribution in [1.29, 1.82) is 0 Å². The highest BCUT2D eigenvalue weighted by Gasteiger charge is 2.35. The van der Waals surface area contributed by atoms with Gasteiger partial charge in [-0.3, -0.25) is 4.99 Å². The quantitative estimate of drug-likeness (QED) is 0.660. The van der Waals surface area contributed by atoms with Crippen molar-refractivity contribution in [3.63, 3.8) is 0 Å². The van der Waals surface area contributed by atoms with Gasteiger partial charge in [0.1, 0.15) is 0 Å². The largest absolute Gasteiger partial charge is 0.365 e. The summed E-state index contributed by atoms with van der Waals surface area (Å²) in [7, 11) is 2.17. The molecule has 19 heavy (non-hydrogen) atoms. The second-order valence-electron chi connectivity index (χ2n) is 4.97. The molecule has 0 fully saturated rings. The normalized spacial score (nSPS) is 29.4. The third kappa shape index (κ3) is 1.67. The Morgan fingerprint density at radius 3 is 2.74 bits per heavy atom. The predicted molar refractivity (Wildman–Crippen MR) is 81.4 cm³/mol. The number of rotatable bonds is 0. The predicted octanol–water partition coefficient (Wildman–Crippen LogP) is 3.18. The first-order valence-corrected chi connectivity index (χ1v) is 6.31. The van der Waals surface area contributed by atoms with E-state index >= 15 is 0 Å². The average molecular weight is 271 g/mol. The second-order valence-corrected chi connectivity index (χ2v) is 4.97. The summed E-state index contributed by atoms with van der Waals surface area (Å²) in [5, 5.41) is 0. The molecule has 3 heteroatoms. The molecule has 2 nitrogen and oxygen atoms in total. The summed E-state index contributed by atoms with van der Waals surface area (Å²) in [5.41, 5.74) is 4.95. The maximum absolute atomic E-state index is 4.76. The highest BCUT2D eigenvalue weighted by Crippen LogP contribution is 2.39. The number of likely N-dealkylation sites (N-methyl/N-ethyl adjacent to an activating group) is 1. The first-order valence-electron chi connectivity index (χ1n) is 6.31. The number of halogens is 1. The van der Waals surface area contributed by atoms with Gasteiger partial charge in [-0.25, -0.2) is 0 Å². The number of allylic oxidation sites excluding steroid dienone is 7. The van der Waals surface area contributed by atoms with Crippen molar-refractivity contribution in [3.8, 4) is 0 Å². The van der Waals surface area contributed by atoms with E-state index in [-0.39, 0.29) is 12.4 Å². The third-order valence-electron chi connectivity index (χ3n) is 3.94. The molecule has 4 aliphatic rings. The molecule has 0 aromatic heterocycles. The molecule has 0 amide bonds. The SMILES string of the molecule is CN1C2=C(C=C3C=CC=CC31)N=C1C=CC=CC12.Cl. The number of aliphatic imine (C=N–C) groups is 1. The Morgan fingerprint density at radius 2 is 1.84 bits per heavy atom. The lowest BCUT2D eigenvalue weighted by Crippen LogP contribution is -2.36. The molecule has 2 unspecified atom stereocenters. The molecule has 96 valence electrons. The molecule has 0 radical (unpaired) electrons. The number of nitrogens with zero attached hydrogens (tertiary/aromatic N) is 2. The van der Waals surface area contributed by atoms with Crippen LogP contribution in [0.25, 0.3) is 0 Å². The number of hydrogen-bond acceptors (Lipinski definition) is 2. The Balaban J connectivity index is 0.00000110. The van der Waals surface area contributed by atoms with Crippen LogP contribution in [0, 0.1) is 5.92 Å². The van der Waals surface area contributed by atoms with E-state index in [1.54, 1.807) is 0 Å². The van der Waals surface area contributed by atoms with E-state index in [4.69, 9.17) is 4.99 Å². The van der Waals surface area contributed by atoms with Crippen molar-refractivity contribution < 1.29 is 0 Å². The molecule has 0 N–H and O–H groups in total. The summed E-state index contributed by atoms with van der Waals surface area (Å²) in [6, 6.07) is 0.364. The van der Waals surface area contributed by atoms with Crippen LogP contribution in [0.3, 0.4) is 0 Å². The molecule has 2 heterocycles. The van der Waals surface area contributed by atoms with Crippen LogP contribution in [0.5, 0.6) is 0 Å². The van der Waals surface area contributed by atoms with Gasteiger partial charge in [-0.2, -0.15) is 0 Å². The zero-order chi connectivity index (χ0) is 12.1. The summed E-state index contributed by atoms with van der Waals surface area (Å²) in [4.78, 5) is 7.11. The van der Waals surface area contributed by atoms with Crippen LogP contribution in [-0.4, -0.2) is 23.7 Å². The average Bonchev–Trinajstić information content (AvgIpc) is 2.77. The molecule has 0 bridgehead atoms. The minimum atomic E-state index is 0. The first kappa shape index (κ1) is 12.2. The summed E-state index contributed by atoms with van der Waals surface area (Å²) in [5.74, 6) is 0.340. The van der Waals surface area contributed by atoms with Gasteiger partial charge < -0.3 is 4.90 Å². The van der Waals surface area contributed by atoms with Gasteiger partial charge >= 0.3 is 0 Å². The highest BCUT2D eigenvalue weighted by atomic mass is 35.5. The fourth-order valence-corrected chi connectivity index (χ4v) is 3.07. The fraction of sp³-hybridized carbons (Fsp3) is 0.188. The van der Waals surface area contributed by atoms with Crippen LogP contribution in [0.15, 0.2) is 76.6 Å². The van der Waals surface area contributed by atoms with Crippen LogP contribution in [-0.2, 0) is 0 Å². The number of fused-ring (bicyclic) bond motifs is 3. The summed E-state index contributed by atoms with van der Waals surface area (Å²) >= 11 is 0. The smallest absolute Gasteiger partial charge is 0.0838 e. The van der Waals surface area contributed by atoms with Crippen molar-refractivity contribution in [2.24, 2.45) is 10.9 Å². The van der Waals surface area contributed by atoms with Crippen molar-refractivity contribution in [2.75, 3.05) is 7.05 Å². The lowest BCUT2D eigenvalue weighted by molar-refractivity contribution is 0.365. The van der Waals surface area contributed by atoms with Crippen LogP contribution in [0.1, 0.15) is 0 Å². The van der Waals surface area contributed by atoms with Gasteiger partial charge in [0.25, 0.3) is 0 Å². The van der Waals surface area contributed by atoms with Crippen LogP contribution in [0.2, 0.25) is 0 Å². The zero-order valence-electron chi connectivity index (χ0n) is 10.7. The van der Waals surface area contributed by atoms with Gasteiger partial charge in [0.15, 0.2) is 0 Å². The third-order valence-corrected chi connectivity index (χ3v) is 3.94. The molecular formula is C16H15ClN2. The minimum absolute atomic E-state index is 0. The van der Waals surface area contributed by atoms with Crippen LogP contribution < -0.4 is 0 Å². The van der Waals surface area contributed by atoms with Crippen molar-refractivity contribution in [2.45, 2.75) is 6.04 Å². The Hall–Kier alpha value is -1.80. The van der Waals surface area contributed by atoms with Crippen molar-refractivity contribution in [1.82, 2.24) is 4.90 Å². The topological polar surface area (TPSA) is 15.6 Å². The molecule has 0 spiro atoms. The molecule has 4 rings (SSSR count). The van der Waals surface area contributed by atoms with E-state index < -0.39 is 0 Å². The van der Waals surface area contributed by atoms with Crippen molar-refractivity contribution >= 4 is 18.1 Å². The maximum atomic E-state index is 4.76. The van der Waals surface area contributed by atoms with E-state index in [0.29, 0.717) is 12.0 Å². The molecule has 2 aliphatic carbocycles. The molecule has 0 aromatic rings. The van der Waals surface area contributed by atoms with Gasteiger partial charge in [-0.05, 0) is 17.7 Å². The monoisotopic (exact) mass is 270 g/mol. The molecule has 2 atom stereocenters. The van der Waals surface area contributed by atoms with E-state index in [1.807, 2.05) is 0 Å². The van der Waals surface area contributed by atoms with Gasteiger partial charge in [0, 0.05) is 7.05 Å². The van der Waals surface area contributed by atoms with E-state index in [1.165, 1.54) is 11.3 Å². The Morgan fingerprint density at radius 1 is 1.05 bits per heavy atom. The van der Waals surface area contributed by atoms with Gasteiger partial charge in [-0.1, -0.05) is 42.5 Å². The summed E-state index contributed by atoms with van der Waals surface area (Å²) < 4.78 is 0.